The number of hydrogen-bond acceptors (Lipinski definition) is 3. The van der Waals surface area contributed by atoms with Crippen LogP contribution in [0.25, 0.3) is 11.1 Å². The van der Waals surface area contributed by atoms with Gasteiger partial charge in [-0.2, -0.15) is 0 Å². The summed E-state index contributed by atoms with van der Waals surface area (Å²) in [6.07, 6.45) is 0. The van der Waals surface area contributed by atoms with Gasteiger partial charge in [0.15, 0.2) is 0 Å². The molecule has 116 valence electrons. The third kappa shape index (κ3) is 3.52. The van der Waals surface area contributed by atoms with Crippen LogP contribution in [0.1, 0.15) is 0 Å². The standard InChI is InChI=1S/C18H15NO3S/c20-17-10-8-16(9-11-17)19-23(21,22)18-12-6-15(7-13-18)14-4-2-1-3-5-14/h1-13,19-20H/p-1. The van der Waals surface area contributed by atoms with Crippen molar-refractivity contribution >= 4 is 15.7 Å². The Labute approximate surface area is 135 Å². The van der Waals surface area contributed by atoms with E-state index in [-0.39, 0.29) is 10.6 Å². The minimum absolute atomic E-state index is 0.167. The van der Waals surface area contributed by atoms with Gasteiger partial charge in [-0.15, -0.1) is 5.75 Å². The molecule has 5 heteroatoms. The molecule has 4 nitrogen and oxygen atoms in total. The number of sulfonamides is 1. The molecule has 0 saturated heterocycles. The van der Waals surface area contributed by atoms with Crippen molar-refractivity contribution in [3.05, 3.63) is 78.9 Å². The molecule has 0 atom stereocenters. The van der Waals surface area contributed by atoms with Crippen LogP contribution in [0.5, 0.6) is 5.75 Å². The maximum atomic E-state index is 12.3. The summed E-state index contributed by atoms with van der Waals surface area (Å²) in [6.45, 7) is 0. The lowest BCUT2D eigenvalue weighted by atomic mass is 10.1. The summed E-state index contributed by atoms with van der Waals surface area (Å²) >= 11 is 0. The van der Waals surface area contributed by atoms with E-state index in [9.17, 15) is 13.5 Å². The second-order valence-electron chi connectivity index (χ2n) is 5.02. The highest BCUT2D eigenvalue weighted by atomic mass is 32.2. The molecule has 0 fully saturated rings. The van der Waals surface area contributed by atoms with Crippen molar-refractivity contribution < 1.29 is 13.5 Å². The van der Waals surface area contributed by atoms with Gasteiger partial charge in [0.1, 0.15) is 0 Å². The molecule has 0 heterocycles. The van der Waals surface area contributed by atoms with E-state index >= 15 is 0 Å². The molecule has 3 aromatic carbocycles. The average molecular weight is 324 g/mol. The second-order valence-corrected chi connectivity index (χ2v) is 6.70. The SMILES string of the molecule is O=S(=O)(Nc1ccc([O-])cc1)c1ccc(-c2ccccc2)cc1. The fourth-order valence-corrected chi connectivity index (χ4v) is 3.25. The monoisotopic (exact) mass is 324 g/mol. The van der Waals surface area contributed by atoms with Crippen molar-refractivity contribution in [3.63, 3.8) is 0 Å². The Morgan fingerprint density at radius 3 is 1.87 bits per heavy atom. The van der Waals surface area contributed by atoms with Crippen LogP contribution >= 0.6 is 0 Å². The highest BCUT2D eigenvalue weighted by Gasteiger charge is 2.13. The zero-order valence-electron chi connectivity index (χ0n) is 12.1. The normalized spacial score (nSPS) is 11.1. The summed E-state index contributed by atoms with van der Waals surface area (Å²) < 4.78 is 27.1. The summed E-state index contributed by atoms with van der Waals surface area (Å²) in [5.41, 5.74) is 2.33. The Morgan fingerprint density at radius 2 is 1.26 bits per heavy atom. The maximum Gasteiger partial charge on any atom is 0.261 e. The molecule has 0 unspecified atom stereocenters. The van der Waals surface area contributed by atoms with Crippen molar-refractivity contribution in [2.45, 2.75) is 4.90 Å². The zero-order chi connectivity index (χ0) is 16.3. The fraction of sp³-hybridized carbons (Fsp3) is 0. The van der Waals surface area contributed by atoms with Crippen LogP contribution in [-0.2, 0) is 10.0 Å². The van der Waals surface area contributed by atoms with Crippen molar-refractivity contribution in [1.29, 1.82) is 0 Å². The highest BCUT2D eigenvalue weighted by molar-refractivity contribution is 7.92. The molecular formula is C18H14NO3S-. The fourth-order valence-electron chi connectivity index (χ4n) is 2.19. The summed E-state index contributed by atoms with van der Waals surface area (Å²) in [6, 6.07) is 21.9. The molecule has 0 radical (unpaired) electrons. The van der Waals surface area contributed by atoms with E-state index in [0.29, 0.717) is 5.69 Å². The van der Waals surface area contributed by atoms with Gasteiger partial charge in [-0.25, -0.2) is 8.42 Å². The first-order valence-electron chi connectivity index (χ1n) is 7.00. The van der Waals surface area contributed by atoms with Crippen LogP contribution < -0.4 is 9.83 Å². The van der Waals surface area contributed by atoms with Gasteiger partial charge in [0, 0.05) is 5.69 Å². The number of hydrogen-bond donors (Lipinski definition) is 1. The number of nitrogens with one attached hydrogen (secondary N) is 1. The van der Waals surface area contributed by atoms with Crippen LogP contribution in [0.15, 0.2) is 83.8 Å². The first kappa shape index (κ1) is 15.1. The first-order chi connectivity index (χ1) is 11.0. The maximum absolute atomic E-state index is 12.3. The highest BCUT2D eigenvalue weighted by Crippen LogP contribution is 2.22. The van der Waals surface area contributed by atoms with E-state index < -0.39 is 10.0 Å². The van der Waals surface area contributed by atoms with Crippen LogP contribution in [0.4, 0.5) is 5.69 Å². The van der Waals surface area contributed by atoms with Gasteiger partial charge in [0.25, 0.3) is 10.0 Å². The third-order valence-electron chi connectivity index (χ3n) is 3.38. The van der Waals surface area contributed by atoms with Crippen molar-refractivity contribution in [3.8, 4) is 16.9 Å². The van der Waals surface area contributed by atoms with Gasteiger partial charge in [-0.05, 0) is 35.4 Å². The topological polar surface area (TPSA) is 69.2 Å². The minimum atomic E-state index is -3.68. The quantitative estimate of drug-likeness (QED) is 0.801. The summed E-state index contributed by atoms with van der Waals surface area (Å²) in [5, 5.41) is 11.1. The Kier molecular flexibility index (Phi) is 4.04. The summed E-state index contributed by atoms with van der Waals surface area (Å²) in [7, 11) is -3.68. The van der Waals surface area contributed by atoms with E-state index in [1.165, 1.54) is 24.3 Å². The molecule has 0 aromatic heterocycles. The smallest absolute Gasteiger partial charge is 0.261 e. The molecule has 0 bridgehead atoms. The van der Waals surface area contributed by atoms with Crippen LogP contribution in [0, 0.1) is 0 Å². The molecule has 0 amide bonds. The number of benzene rings is 3. The first-order valence-corrected chi connectivity index (χ1v) is 8.48. The van der Waals surface area contributed by atoms with Gasteiger partial charge >= 0.3 is 0 Å². The minimum Gasteiger partial charge on any atom is -0.872 e. The number of anilines is 1. The third-order valence-corrected chi connectivity index (χ3v) is 4.78. The van der Waals surface area contributed by atoms with Crippen LogP contribution in [0.3, 0.4) is 0 Å². The summed E-state index contributed by atoms with van der Waals surface area (Å²) in [4.78, 5) is 0.170. The van der Waals surface area contributed by atoms with Crippen LogP contribution in [0.2, 0.25) is 0 Å². The van der Waals surface area contributed by atoms with Gasteiger partial charge in [-0.3, -0.25) is 4.72 Å². The van der Waals surface area contributed by atoms with E-state index in [4.69, 9.17) is 0 Å². The van der Waals surface area contributed by atoms with Gasteiger partial charge in [0.05, 0.1) is 4.90 Å². The molecule has 0 spiro atoms. The van der Waals surface area contributed by atoms with Gasteiger partial charge < -0.3 is 5.11 Å². The lowest BCUT2D eigenvalue weighted by molar-refractivity contribution is -0.268. The van der Waals surface area contributed by atoms with Crippen molar-refractivity contribution in [2.24, 2.45) is 0 Å². The Hall–Kier alpha value is -2.79. The van der Waals surface area contributed by atoms with E-state index in [1.807, 2.05) is 30.3 Å². The van der Waals surface area contributed by atoms with E-state index in [2.05, 4.69) is 4.72 Å². The average Bonchev–Trinajstić information content (AvgIpc) is 2.58. The molecule has 0 aliphatic carbocycles. The summed E-state index contributed by atoms with van der Waals surface area (Å²) in [5.74, 6) is -0.167. The van der Waals surface area contributed by atoms with Gasteiger partial charge in [0.2, 0.25) is 0 Å². The van der Waals surface area contributed by atoms with Crippen molar-refractivity contribution in [2.75, 3.05) is 4.72 Å². The Morgan fingerprint density at radius 1 is 0.696 bits per heavy atom. The molecule has 3 aromatic rings. The number of rotatable bonds is 4. The molecule has 0 aliphatic rings. The molecular weight excluding hydrogens is 310 g/mol. The lowest BCUT2D eigenvalue weighted by Crippen LogP contribution is -2.12. The largest absolute Gasteiger partial charge is 0.872 e. The van der Waals surface area contributed by atoms with Crippen molar-refractivity contribution in [1.82, 2.24) is 0 Å². The molecule has 0 aliphatic heterocycles. The molecule has 0 saturated carbocycles. The zero-order valence-corrected chi connectivity index (χ0v) is 13.0. The predicted molar refractivity (Wildman–Crippen MR) is 88.6 cm³/mol. The lowest BCUT2D eigenvalue weighted by Gasteiger charge is -2.10. The van der Waals surface area contributed by atoms with Gasteiger partial charge in [-0.1, -0.05) is 54.6 Å². The molecule has 1 N–H and O–H groups in total. The molecule has 23 heavy (non-hydrogen) atoms. The molecule has 3 rings (SSSR count). The van der Waals surface area contributed by atoms with E-state index in [0.717, 1.165) is 11.1 Å². The predicted octanol–water partition coefficient (Wildman–Crippen LogP) is 3.23. The second kappa shape index (κ2) is 6.14. The Balaban J connectivity index is 1.84. The van der Waals surface area contributed by atoms with Crippen LogP contribution in [-0.4, -0.2) is 8.42 Å². The Bertz CT molecular complexity index is 887. The van der Waals surface area contributed by atoms with E-state index in [1.54, 1.807) is 24.3 Å².